The standard InChI is InChI=1S/C28H35N3O3S/c1-2-34-26(32)19-30-18-20(23-15-9-10-16-24(23)30)17-25-27(33)31(22-13-7-4-8-14-22)28(35-25)29-21-11-5-3-6-12-21/h9-10,15-18,21-22H,2-8,11-14,19H2,1H3. The second-order valence-electron chi connectivity index (χ2n) is 9.82. The van der Waals surface area contributed by atoms with E-state index in [1.54, 1.807) is 0 Å². The van der Waals surface area contributed by atoms with E-state index < -0.39 is 0 Å². The number of rotatable bonds is 6. The van der Waals surface area contributed by atoms with E-state index in [1.807, 2.05) is 52.9 Å². The molecule has 1 aromatic carbocycles. The van der Waals surface area contributed by atoms with Gasteiger partial charge in [-0.3, -0.25) is 19.5 Å². The topological polar surface area (TPSA) is 63.9 Å². The highest BCUT2D eigenvalue weighted by Gasteiger charge is 2.39. The lowest BCUT2D eigenvalue weighted by Gasteiger charge is -2.31. The number of para-hydroxylation sites is 1. The van der Waals surface area contributed by atoms with Gasteiger partial charge in [0.2, 0.25) is 0 Å². The molecule has 0 unspecified atom stereocenters. The van der Waals surface area contributed by atoms with E-state index in [4.69, 9.17) is 9.73 Å². The van der Waals surface area contributed by atoms with Gasteiger partial charge in [-0.2, -0.15) is 0 Å². The van der Waals surface area contributed by atoms with Crippen molar-refractivity contribution in [2.75, 3.05) is 6.61 Å². The summed E-state index contributed by atoms with van der Waals surface area (Å²) in [4.78, 5) is 33.8. The number of hydrogen-bond donors (Lipinski definition) is 0. The molecule has 0 N–H and O–H groups in total. The number of amides is 1. The molecule has 3 aliphatic rings. The van der Waals surface area contributed by atoms with E-state index in [0.717, 1.165) is 52.2 Å². The van der Waals surface area contributed by atoms with Gasteiger partial charge in [-0.25, -0.2) is 0 Å². The SMILES string of the molecule is CCOC(=O)Cn1cc(C=C2SC(=NC3CCCCC3)N(C3CCCCC3)C2=O)c2ccccc21. The van der Waals surface area contributed by atoms with E-state index in [2.05, 4.69) is 0 Å². The number of ether oxygens (including phenoxy) is 1. The maximum atomic E-state index is 13.7. The van der Waals surface area contributed by atoms with Crippen molar-refractivity contribution in [2.45, 2.75) is 89.8 Å². The van der Waals surface area contributed by atoms with Gasteiger partial charge in [0.15, 0.2) is 5.17 Å². The van der Waals surface area contributed by atoms with Crippen LogP contribution in [0, 0.1) is 0 Å². The fourth-order valence-electron chi connectivity index (χ4n) is 5.61. The number of esters is 1. The van der Waals surface area contributed by atoms with Crippen LogP contribution in [0.1, 0.15) is 76.7 Å². The van der Waals surface area contributed by atoms with Crippen molar-refractivity contribution in [3.05, 3.63) is 40.9 Å². The van der Waals surface area contributed by atoms with Crippen LogP contribution in [-0.4, -0.2) is 45.2 Å². The van der Waals surface area contributed by atoms with Crippen LogP contribution in [0.4, 0.5) is 0 Å². The molecular weight excluding hydrogens is 458 g/mol. The quantitative estimate of drug-likeness (QED) is 0.358. The second-order valence-corrected chi connectivity index (χ2v) is 10.8. The summed E-state index contributed by atoms with van der Waals surface area (Å²) >= 11 is 1.54. The van der Waals surface area contributed by atoms with Crippen LogP contribution in [-0.2, 0) is 20.9 Å². The molecule has 1 aromatic heterocycles. The van der Waals surface area contributed by atoms with E-state index in [0.29, 0.717) is 12.6 Å². The zero-order chi connectivity index (χ0) is 24.2. The molecule has 1 saturated heterocycles. The van der Waals surface area contributed by atoms with Crippen LogP contribution in [0.3, 0.4) is 0 Å². The molecule has 0 atom stereocenters. The van der Waals surface area contributed by atoms with Crippen LogP contribution in [0.2, 0.25) is 0 Å². The number of benzene rings is 1. The predicted octanol–water partition coefficient (Wildman–Crippen LogP) is 6.14. The third kappa shape index (κ3) is 5.35. The molecule has 1 aliphatic heterocycles. The average Bonchev–Trinajstić information content (AvgIpc) is 3.37. The monoisotopic (exact) mass is 493 g/mol. The van der Waals surface area contributed by atoms with Gasteiger partial charge >= 0.3 is 5.97 Å². The Morgan fingerprint density at radius 3 is 2.54 bits per heavy atom. The minimum absolute atomic E-state index is 0.0821. The van der Waals surface area contributed by atoms with Crippen LogP contribution in [0.5, 0.6) is 0 Å². The summed E-state index contributed by atoms with van der Waals surface area (Å²) in [5.74, 6) is -0.178. The third-order valence-corrected chi connectivity index (χ3v) is 8.35. The zero-order valence-corrected chi connectivity index (χ0v) is 21.4. The van der Waals surface area contributed by atoms with Gasteiger partial charge in [0, 0.05) is 28.7 Å². The third-order valence-electron chi connectivity index (χ3n) is 7.36. The van der Waals surface area contributed by atoms with Crippen molar-refractivity contribution in [3.8, 4) is 0 Å². The van der Waals surface area contributed by atoms with E-state index in [-0.39, 0.29) is 24.5 Å². The van der Waals surface area contributed by atoms with E-state index >= 15 is 0 Å². The molecule has 3 fully saturated rings. The summed E-state index contributed by atoms with van der Waals surface area (Å²) < 4.78 is 7.08. The maximum absolute atomic E-state index is 13.7. The van der Waals surface area contributed by atoms with Gasteiger partial charge in [-0.15, -0.1) is 0 Å². The summed E-state index contributed by atoms with van der Waals surface area (Å²) in [6.45, 7) is 2.33. The minimum atomic E-state index is -0.260. The second kappa shape index (κ2) is 11.0. The Balaban J connectivity index is 1.48. The summed E-state index contributed by atoms with van der Waals surface area (Å²) in [5.41, 5.74) is 1.91. The highest BCUT2D eigenvalue weighted by atomic mass is 32.2. The summed E-state index contributed by atoms with van der Waals surface area (Å²) in [5, 5.41) is 1.93. The largest absolute Gasteiger partial charge is 0.465 e. The van der Waals surface area contributed by atoms with Crippen molar-refractivity contribution >= 4 is 45.8 Å². The van der Waals surface area contributed by atoms with Crippen molar-refractivity contribution in [3.63, 3.8) is 0 Å². The fraction of sp³-hybridized carbons (Fsp3) is 0.536. The zero-order valence-electron chi connectivity index (χ0n) is 20.6. The molecule has 0 spiro atoms. The summed E-state index contributed by atoms with van der Waals surface area (Å²) in [6.07, 6.45) is 15.7. The number of fused-ring (bicyclic) bond motifs is 1. The molecule has 7 heteroatoms. The Morgan fingerprint density at radius 1 is 1.09 bits per heavy atom. The first-order chi connectivity index (χ1) is 17.1. The number of carbonyl (C=O) groups is 2. The Morgan fingerprint density at radius 2 is 1.80 bits per heavy atom. The van der Waals surface area contributed by atoms with Crippen LogP contribution < -0.4 is 0 Å². The lowest BCUT2D eigenvalue weighted by atomic mass is 9.94. The molecule has 6 nitrogen and oxygen atoms in total. The normalized spacial score (nSPS) is 22.5. The number of nitrogens with zero attached hydrogens (tertiary/aromatic N) is 3. The Kier molecular flexibility index (Phi) is 7.61. The van der Waals surface area contributed by atoms with Gasteiger partial charge in [0.05, 0.1) is 17.6 Å². The Bertz CT molecular complexity index is 1140. The van der Waals surface area contributed by atoms with Crippen molar-refractivity contribution < 1.29 is 14.3 Å². The van der Waals surface area contributed by atoms with Crippen molar-refractivity contribution in [2.24, 2.45) is 4.99 Å². The number of aromatic nitrogens is 1. The van der Waals surface area contributed by atoms with Gasteiger partial charge in [-0.05, 0) is 56.5 Å². The lowest BCUT2D eigenvalue weighted by molar-refractivity contribution is -0.143. The Hall–Kier alpha value is -2.54. The van der Waals surface area contributed by atoms with Gasteiger partial charge in [-0.1, -0.05) is 56.7 Å². The molecule has 186 valence electrons. The summed E-state index contributed by atoms with van der Waals surface area (Å²) in [7, 11) is 0. The van der Waals surface area contributed by atoms with E-state index in [1.165, 1.54) is 50.3 Å². The minimum Gasteiger partial charge on any atom is -0.465 e. The fourth-order valence-corrected chi connectivity index (χ4v) is 6.71. The maximum Gasteiger partial charge on any atom is 0.325 e. The molecular formula is C28H35N3O3S. The van der Waals surface area contributed by atoms with Gasteiger partial charge in [0.1, 0.15) is 6.54 Å². The Labute approximate surface area is 211 Å². The average molecular weight is 494 g/mol. The number of hydrogen-bond acceptors (Lipinski definition) is 5. The molecule has 0 bridgehead atoms. The van der Waals surface area contributed by atoms with Crippen LogP contribution in [0.15, 0.2) is 40.4 Å². The first kappa shape index (κ1) is 24.2. The molecule has 2 saturated carbocycles. The number of carbonyl (C=O) groups excluding carboxylic acids is 2. The summed E-state index contributed by atoms with van der Waals surface area (Å²) in [6, 6.07) is 8.59. The number of amidine groups is 1. The number of thioether (sulfide) groups is 1. The highest BCUT2D eigenvalue weighted by molar-refractivity contribution is 8.18. The van der Waals surface area contributed by atoms with Crippen LogP contribution in [0.25, 0.3) is 17.0 Å². The van der Waals surface area contributed by atoms with Gasteiger partial charge < -0.3 is 9.30 Å². The molecule has 35 heavy (non-hydrogen) atoms. The molecule has 2 aromatic rings. The molecule has 0 radical (unpaired) electrons. The van der Waals surface area contributed by atoms with Crippen LogP contribution >= 0.6 is 11.8 Å². The molecule has 2 aliphatic carbocycles. The van der Waals surface area contributed by atoms with Gasteiger partial charge in [0.25, 0.3) is 5.91 Å². The van der Waals surface area contributed by atoms with Crippen molar-refractivity contribution in [1.29, 1.82) is 0 Å². The van der Waals surface area contributed by atoms with Crippen molar-refractivity contribution in [1.82, 2.24) is 9.47 Å². The molecule has 1 amide bonds. The molecule has 5 rings (SSSR count). The smallest absolute Gasteiger partial charge is 0.325 e. The molecule has 2 heterocycles. The number of aliphatic imine (C=N–C) groups is 1. The predicted molar refractivity (Wildman–Crippen MR) is 142 cm³/mol. The highest BCUT2D eigenvalue weighted by Crippen LogP contribution is 2.39. The lowest BCUT2D eigenvalue weighted by Crippen LogP contribution is -2.41. The first-order valence-electron chi connectivity index (χ1n) is 13.2. The first-order valence-corrected chi connectivity index (χ1v) is 14.0. The van der Waals surface area contributed by atoms with E-state index in [9.17, 15) is 9.59 Å².